The van der Waals surface area contributed by atoms with Crippen LogP contribution in [0.1, 0.15) is 12.8 Å². The van der Waals surface area contributed by atoms with Gasteiger partial charge in [-0.05, 0) is 32.9 Å². The predicted molar refractivity (Wildman–Crippen MR) is 52.7 cm³/mol. The van der Waals surface area contributed by atoms with Gasteiger partial charge in [0.1, 0.15) is 0 Å². The van der Waals surface area contributed by atoms with Crippen LogP contribution in [0.2, 0.25) is 0 Å². The smallest absolute Gasteiger partial charge is 0.0928 e. The van der Waals surface area contributed by atoms with Crippen LogP contribution in [-0.2, 0) is 0 Å². The average molecular weight is 184 g/mol. The molecule has 0 atom stereocenters. The third-order valence-electron chi connectivity index (χ3n) is 3.20. The van der Waals surface area contributed by atoms with E-state index in [1.54, 1.807) is 0 Å². The fourth-order valence-corrected chi connectivity index (χ4v) is 2.11. The Morgan fingerprint density at radius 1 is 1.38 bits per heavy atom. The Balaban J connectivity index is 1.66. The molecule has 0 bridgehead atoms. The van der Waals surface area contributed by atoms with Crippen molar-refractivity contribution in [2.45, 2.75) is 18.4 Å². The molecule has 2 aliphatic rings. The second-order valence-electron chi connectivity index (χ2n) is 4.89. The van der Waals surface area contributed by atoms with Gasteiger partial charge in [-0.1, -0.05) is 0 Å². The van der Waals surface area contributed by atoms with Crippen LogP contribution in [0.4, 0.5) is 0 Å². The van der Waals surface area contributed by atoms with E-state index in [1.807, 2.05) is 0 Å². The van der Waals surface area contributed by atoms with Crippen molar-refractivity contribution in [1.29, 1.82) is 0 Å². The summed E-state index contributed by atoms with van der Waals surface area (Å²) in [5.74, 6) is 0.628. The van der Waals surface area contributed by atoms with E-state index in [9.17, 15) is 5.11 Å². The second kappa shape index (κ2) is 3.23. The maximum Gasteiger partial charge on any atom is 0.0928 e. The zero-order chi connectivity index (χ0) is 9.47. The van der Waals surface area contributed by atoms with Crippen molar-refractivity contribution >= 4 is 0 Å². The molecule has 0 spiro atoms. The molecule has 1 saturated heterocycles. The molecule has 0 aromatic carbocycles. The summed E-state index contributed by atoms with van der Waals surface area (Å²) in [5, 5.41) is 10.0. The Labute approximate surface area is 80.3 Å². The Hall–Kier alpha value is -0.120. The van der Waals surface area contributed by atoms with E-state index < -0.39 is 0 Å². The van der Waals surface area contributed by atoms with Gasteiger partial charge in [-0.15, -0.1) is 0 Å². The van der Waals surface area contributed by atoms with Gasteiger partial charge in [-0.2, -0.15) is 0 Å². The van der Waals surface area contributed by atoms with Crippen LogP contribution in [-0.4, -0.2) is 60.8 Å². The Kier molecular flexibility index (Phi) is 2.34. The fraction of sp³-hybridized carbons (Fsp3) is 1.00. The highest BCUT2D eigenvalue weighted by Gasteiger charge is 2.51. The van der Waals surface area contributed by atoms with Crippen molar-refractivity contribution in [2.24, 2.45) is 5.92 Å². The van der Waals surface area contributed by atoms with Crippen LogP contribution in [0, 0.1) is 5.92 Å². The summed E-state index contributed by atoms with van der Waals surface area (Å²) in [6.45, 7) is 4.01. The summed E-state index contributed by atoms with van der Waals surface area (Å²) in [5.41, 5.74) is -0.299. The summed E-state index contributed by atoms with van der Waals surface area (Å²) >= 11 is 0. The van der Waals surface area contributed by atoms with Crippen LogP contribution in [0.3, 0.4) is 0 Å². The summed E-state index contributed by atoms with van der Waals surface area (Å²) in [4.78, 5) is 4.53. The first-order valence-electron chi connectivity index (χ1n) is 5.20. The molecule has 13 heavy (non-hydrogen) atoms. The Bertz CT molecular complexity index is 183. The third kappa shape index (κ3) is 2.03. The molecule has 0 amide bonds. The molecule has 2 fully saturated rings. The molecule has 0 radical (unpaired) electrons. The molecule has 1 heterocycles. The minimum atomic E-state index is -0.299. The van der Waals surface area contributed by atoms with Crippen LogP contribution in [0.15, 0.2) is 0 Å². The highest BCUT2D eigenvalue weighted by Crippen LogP contribution is 2.44. The zero-order valence-corrected chi connectivity index (χ0v) is 8.66. The van der Waals surface area contributed by atoms with Gasteiger partial charge < -0.3 is 10.0 Å². The first kappa shape index (κ1) is 9.44. The van der Waals surface area contributed by atoms with E-state index in [-0.39, 0.29) is 5.60 Å². The van der Waals surface area contributed by atoms with Crippen LogP contribution in [0.25, 0.3) is 0 Å². The van der Waals surface area contributed by atoms with Crippen LogP contribution >= 0.6 is 0 Å². The van der Waals surface area contributed by atoms with Gasteiger partial charge in [0.05, 0.1) is 5.60 Å². The van der Waals surface area contributed by atoms with Gasteiger partial charge in [0.15, 0.2) is 0 Å². The number of β-amino-alcohol motifs (C(OH)–C–C–N with tert-alkyl or cyclic N) is 1. The maximum absolute atomic E-state index is 10.0. The second-order valence-corrected chi connectivity index (χ2v) is 4.89. The lowest BCUT2D eigenvalue weighted by Crippen LogP contribution is -2.63. The van der Waals surface area contributed by atoms with Crippen LogP contribution < -0.4 is 0 Å². The van der Waals surface area contributed by atoms with Crippen molar-refractivity contribution in [3.05, 3.63) is 0 Å². The molecule has 76 valence electrons. The van der Waals surface area contributed by atoms with E-state index in [1.165, 1.54) is 12.8 Å². The van der Waals surface area contributed by atoms with Gasteiger partial charge in [0.2, 0.25) is 0 Å². The summed E-state index contributed by atoms with van der Waals surface area (Å²) < 4.78 is 0. The quantitative estimate of drug-likeness (QED) is 0.666. The number of likely N-dealkylation sites (tertiary alicyclic amines) is 1. The zero-order valence-electron chi connectivity index (χ0n) is 8.66. The average Bonchev–Trinajstić information content (AvgIpc) is 2.77. The van der Waals surface area contributed by atoms with E-state index in [2.05, 4.69) is 23.9 Å². The lowest BCUT2D eigenvalue weighted by atomic mass is 9.89. The summed E-state index contributed by atoms with van der Waals surface area (Å²) in [6, 6.07) is 0. The SMILES string of the molecule is CN(C)CCN1CC(O)(C2CC2)C1. The van der Waals surface area contributed by atoms with Gasteiger partial charge in [-0.3, -0.25) is 4.90 Å². The molecule has 2 rings (SSSR count). The lowest BCUT2D eigenvalue weighted by Gasteiger charge is -2.47. The van der Waals surface area contributed by atoms with Crippen molar-refractivity contribution in [3.8, 4) is 0 Å². The molecule has 1 aliphatic heterocycles. The molecular weight excluding hydrogens is 164 g/mol. The van der Waals surface area contributed by atoms with E-state index in [0.717, 1.165) is 26.2 Å². The molecule has 0 aromatic heterocycles. The van der Waals surface area contributed by atoms with E-state index in [4.69, 9.17) is 0 Å². The summed E-state index contributed by atoms with van der Waals surface area (Å²) in [6.07, 6.45) is 2.50. The Morgan fingerprint density at radius 3 is 2.46 bits per heavy atom. The first-order valence-corrected chi connectivity index (χ1v) is 5.20. The van der Waals surface area contributed by atoms with E-state index in [0.29, 0.717) is 5.92 Å². The monoisotopic (exact) mass is 184 g/mol. The highest BCUT2D eigenvalue weighted by atomic mass is 16.3. The molecule has 3 nitrogen and oxygen atoms in total. The van der Waals surface area contributed by atoms with Crippen molar-refractivity contribution in [3.63, 3.8) is 0 Å². The van der Waals surface area contributed by atoms with Gasteiger partial charge in [0, 0.05) is 26.2 Å². The molecule has 1 N–H and O–H groups in total. The number of hydrogen-bond acceptors (Lipinski definition) is 3. The molecule has 3 heteroatoms. The van der Waals surface area contributed by atoms with Gasteiger partial charge in [0.25, 0.3) is 0 Å². The molecule has 1 aliphatic carbocycles. The topological polar surface area (TPSA) is 26.7 Å². The standard InChI is InChI=1S/C10H20N2O/c1-11(2)5-6-12-7-10(13,8-12)9-3-4-9/h9,13H,3-8H2,1-2H3. The number of hydrogen-bond donors (Lipinski definition) is 1. The van der Waals surface area contributed by atoms with Gasteiger partial charge >= 0.3 is 0 Å². The fourth-order valence-electron chi connectivity index (χ4n) is 2.11. The Morgan fingerprint density at radius 2 is 2.00 bits per heavy atom. The van der Waals surface area contributed by atoms with Crippen molar-refractivity contribution in [2.75, 3.05) is 40.3 Å². The molecule has 1 saturated carbocycles. The maximum atomic E-state index is 10.0. The minimum Gasteiger partial charge on any atom is -0.387 e. The van der Waals surface area contributed by atoms with E-state index >= 15 is 0 Å². The molecule has 0 unspecified atom stereocenters. The normalized spacial score (nSPS) is 27.7. The number of aliphatic hydroxyl groups is 1. The van der Waals surface area contributed by atoms with Crippen molar-refractivity contribution in [1.82, 2.24) is 9.80 Å². The predicted octanol–water partition coefficient (Wildman–Crippen LogP) is 0.00470. The van der Waals surface area contributed by atoms with Crippen LogP contribution in [0.5, 0.6) is 0 Å². The largest absolute Gasteiger partial charge is 0.387 e. The first-order chi connectivity index (χ1) is 6.10. The highest BCUT2D eigenvalue weighted by molar-refractivity contribution is 5.05. The number of rotatable bonds is 4. The molecular formula is C10H20N2O. The molecule has 0 aromatic rings. The van der Waals surface area contributed by atoms with Gasteiger partial charge in [-0.25, -0.2) is 0 Å². The number of nitrogens with zero attached hydrogens (tertiary/aromatic N) is 2. The summed E-state index contributed by atoms with van der Waals surface area (Å²) in [7, 11) is 4.18. The minimum absolute atomic E-state index is 0.299. The lowest BCUT2D eigenvalue weighted by molar-refractivity contribution is -0.113. The third-order valence-corrected chi connectivity index (χ3v) is 3.20. The number of likely N-dealkylation sites (N-methyl/N-ethyl adjacent to an activating group) is 1. The van der Waals surface area contributed by atoms with Crippen molar-refractivity contribution < 1.29 is 5.11 Å².